The van der Waals surface area contributed by atoms with Gasteiger partial charge in [-0.2, -0.15) is 0 Å². The van der Waals surface area contributed by atoms with Crippen LogP contribution in [0.2, 0.25) is 18.1 Å². The average Bonchev–Trinajstić information content (AvgIpc) is 2.23. The van der Waals surface area contributed by atoms with Gasteiger partial charge in [0.25, 0.3) is 0 Å². The highest BCUT2D eigenvalue weighted by molar-refractivity contribution is 6.74. The van der Waals surface area contributed by atoms with Gasteiger partial charge in [0.2, 0.25) is 0 Å². The van der Waals surface area contributed by atoms with Crippen LogP contribution in [0.3, 0.4) is 0 Å². The van der Waals surface area contributed by atoms with Crippen LogP contribution in [0, 0.1) is 5.92 Å². The zero-order valence-electron chi connectivity index (χ0n) is 13.3. The average molecular weight is 301 g/mol. The third-order valence-corrected chi connectivity index (χ3v) is 9.19. The van der Waals surface area contributed by atoms with Gasteiger partial charge in [-0.05, 0) is 48.0 Å². The van der Waals surface area contributed by atoms with Crippen LogP contribution >= 0.6 is 11.6 Å². The van der Waals surface area contributed by atoms with E-state index in [4.69, 9.17) is 16.0 Å². The van der Waals surface area contributed by atoms with E-state index in [1.807, 2.05) is 0 Å². The summed E-state index contributed by atoms with van der Waals surface area (Å²) in [5.41, 5.74) is 2.46. The molecular formula is C16H29ClOSi. The fourth-order valence-electron chi connectivity index (χ4n) is 2.26. The Bertz CT molecular complexity index is 365. The summed E-state index contributed by atoms with van der Waals surface area (Å²) in [5, 5.41) is 0.240. The number of alkyl halides is 1. The van der Waals surface area contributed by atoms with E-state index in [2.05, 4.69) is 53.4 Å². The Kier molecular flexibility index (Phi) is 5.50. The number of hydrogen-bond acceptors (Lipinski definition) is 1. The Morgan fingerprint density at radius 3 is 2.47 bits per heavy atom. The van der Waals surface area contributed by atoms with Crippen LogP contribution in [-0.4, -0.2) is 20.3 Å². The quantitative estimate of drug-likeness (QED) is 0.492. The van der Waals surface area contributed by atoms with Gasteiger partial charge in [-0.3, -0.25) is 0 Å². The second-order valence-corrected chi connectivity index (χ2v) is 12.4. The minimum absolute atomic E-state index is 0.180. The molecular weight excluding hydrogens is 272 g/mol. The van der Waals surface area contributed by atoms with Crippen molar-refractivity contribution in [2.75, 3.05) is 5.88 Å². The van der Waals surface area contributed by atoms with Gasteiger partial charge in [-0.25, -0.2) is 0 Å². The van der Waals surface area contributed by atoms with Crippen molar-refractivity contribution < 1.29 is 4.43 Å². The van der Waals surface area contributed by atoms with Gasteiger partial charge >= 0.3 is 0 Å². The molecule has 0 aliphatic heterocycles. The summed E-state index contributed by atoms with van der Waals surface area (Å²) in [4.78, 5) is 0. The molecule has 3 heteroatoms. The maximum absolute atomic E-state index is 6.56. The van der Waals surface area contributed by atoms with Crippen molar-refractivity contribution in [3.63, 3.8) is 0 Å². The minimum atomic E-state index is -1.74. The summed E-state index contributed by atoms with van der Waals surface area (Å²) in [7, 11) is -1.74. The molecule has 0 aromatic rings. The molecule has 0 saturated heterocycles. The maximum Gasteiger partial charge on any atom is 0.192 e. The highest BCUT2D eigenvalue weighted by atomic mass is 35.5. The summed E-state index contributed by atoms with van der Waals surface area (Å²) in [6, 6.07) is 0. The van der Waals surface area contributed by atoms with Crippen molar-refractivity contribution in [2.24, 2.45) is 5.92 Å². The minimum Gasteiger partial charge on any atom is -0.410 e. The van der Waals surface area contributed by atoms with E-state index in [9.17, 15) is 0 Å². The standard InChI is InChI=1S/C16H29ClOSi/c1-12-10-14(8-9-17)13(2)15(11-12)18-19(6,7)16(3,4)5/h8,12,15H,2,9-11H2,1,3-7H3/b14-8-/t12-,15?/m0/s1. The molecule has 1 rings (SSSR count). The normalized spacial score (nSPS) is 27.9. The largest absolute Gasteiger partial charge is 0.410 e. The lowest BCUT2D eigenvalue weighted by Gasteiger charge is -2.42. The summed E-state index contributed by atoms with van der Waals surface area (Å²) >= 11 is 5.85. The fourth-order valence-corrected chi connectivity index (χ4v) is 3.75. The Balaban J connectivity index is 2.88. The zero-order chi connectivity index (χ0) is 14.8. The van der Waals surface area contributed by atoms with Gasteiger partial charge in [0.05, 0.1) is 6.10 Å². The Morgan fingerprint density at radius 1 is 1.42 bits per heavy atom. The van der Waals surface area contributed by atoms with E-state index in [-0.39, 0.29) is 11.1 Å². The van der Waals surface area contributed by atoms with Crippen LogP contribution in [0.4, 0.5) is 0 Å². The molecule has 110 valence electrons. The SMILES string of the molecule is C=C1/C(=C\CCl)C[C@H](C)CC1O[Si](C)(C)C(C)(C)C. The first-order chi connectivity index (χ1) is 8.58. The molecule has 0 bridgehead atoms. The van der Waals surface area contributed by atoms with Crippen molar-refractivity contribution in [1.29, 1.82) is 0 Å². The van der Waals surface area contributed by atoms with Gasteiger partial charge in [0.15, 0.2) is 8.32 Å². The molecule has 0 amide bonds. The van der Waals surface area contributed by atoms with Crippen molar-refractivity contribution in [3.8, 4) is 0 Å². The monoisotopic (exact) mass is 300 g/mol. The van der Waals surface area contributed by atoms with Crippen LogP contribution in [0.1, 0.15) is 40.5 Å². The van der Waals surface area contributed by atoms with Gasteiger partial charge in [-0.1, -0.05) is 40.3 Å². The molecule has 0 heterocycles. The first kappa shape index (κ1) is 17.0. The van der Waals surface area contributed by atoms with E-state index < -0.39 is 8.32 Å². The van der Waals surface area contributed by atoms with Crippen molar-refractivity contribution in [1.82, 2.24) is 0 Å². The first-order valence-corrected chi connectivity index (χ1v) is 10.6. The molecule has 19 heavy (non-hydrogen) atoms. The highest BCUT2D eigenvalue weighted by Crippen LogP contribution is 2.41. The topological polar surface area (TPSA) is 9.23 Å². The summed E-state index contributed by atoms with van der Waals surface area (Å²) in [6.07, 6.45) is 4.45. The molecule has 1 unspecified atom stereocenters. The molecule has 1 aliphatic carbocycles. The third kappa shape index (κ3) is 4.20. The smallest absolute Gasteiger partial charge is 0.192 e. The van der Waals surface area contributed by atoms with E-state index in [0.717, 1.165) is 18.4 Å². The van der Waals surface area contributed by atoms with Gasteiger partial charge < -0.3 is 4.43 Å². The second kappa shape index (κ2) is 6.15. The molecule has 0 aromatic heterocycles. The van der Waals surface area contributed by atoms with Crippen molar-refractivity contribution in [2.45, 2.75) is 64.8 Å². The second-order valence-electron chi connectivity index (χ2n) is 7.32. The van der Waals surface area contributed by atoms with Crippen LogP contribution in [0.15, 0.2) is 23.8 Å². The van der Waals surface area contributed by atoms with Gasteiger partial charge in [0, 0.05) is 5.88 Å². The molecule has 0 aromatic carbocycles. The lowest BCUT2D eigenvalue weighted by molar-refractivity contribution is 0.174. The van der Waals surface area contributed by atoms with Crippen LogP contribution in [0.25, 0.3) is 0 Å². The van der Waals surface area contributed by atoms with E-state index in [1.54, 1.807) is 0 Å². The molecule has 1 fully saturated rings. The Morgan fingerprint density at radius 2 is 2.00 bits per heavy atom. The molecule has 0 radical (unpaired) electrons. The number of hydrogen-bond donors (Lipinski definition) is 0. The van der Waals surface area contributed by atoms with Gasteiger partial charge in [-0.15, -0.1) is 11.6 Å². The molecule has 1 nitrogen and oxygen atoms in total. The summed E-state index contributed by atoms with van der Waals surface area (Å²) in [5.74, 6) is 1.21. The molecule has 0 spiro atoms. The lowest BCUT2D eigenvalue weighted by atomic mass is 9.82. The Labute approximate surface area is 125 Å². The molecule has 0 N–H and O–H groups in total. The lowest BCUT2D eigenvalue weighted by Crippen LogP contribution is -2.45. The number of halogens is 1. The molecule has 2 atom stereocenters. The van der Waals surface area contributed by atoms with Crippen LogP contribution in [-0.2, 0) is 4.43 Å². The number of allylic oxidation sites excluding steroid dienone is 1. The fraction of sp³-hybridized carbons (Fsp3) is 0.750. The molecule has 1 saturated carbocycles. The van der Waals surface area contributed by atoms with E-state index in [0.29, 0.717) is 11.8 Å². The molecule has 1 aliphatic rings. The predicted molar refractivity (Wildman–Crippen MR) is 88.4 cm³/mol. The zero-order valence-corrected chi connectivity index (χ0v) is 15.1. The van der Waals surface area contributed by atoms with E-state index >= 15 is 0 Å². The highest BCUT2D eigenvalue weighted by Gasteiger charge is 2.41. The van der Waals surface area contributed by atoms with Crippen molar-refractivity contribution >= 4 is 19.9 Å². The Hall–Kier alpha value is -0.0531. The van der Waals surface area contributed by atoms with Gasteiger partial charge in [0.1, 0.15) is 0 Å². The van der Waals surface area contributed by atoms with E-state index in [1.165, 1.54) is 5.57 Å². The van der Waals surface area contributed by atoms with Crippen LogP contribution < -0.4 is 0 Å². The van der Waals surface area contributed by atoms with Crippen molar-refractivity contribution in [3.05, 3.63) is 23.8 Å². The van der Waals surface area contributed by atoms with Crippen LogP contribution in [0.5, 0.6) is 0 Å². The maximum atomic E-state index is 6.56. The summed E-state index contributed by atoms with van der Waals surface area (Å²) < 4.78 is 6.56. The number of rotatable bonds is 3. The summed E-state index contributed by atoms with van der Waals surface area (Å²) in [6.45, 7) is 18.0. The predicted octanol–water partition coefficient (Wildman–Crippen LogP) is 5.53. The third-order valence-electron chi connectivity index (χ3n) is 4.55. The first-order valence-electron chi connectivity index (χ1n) is 7.20.